The lowest BCUT2D eigenvalue weighted by Crippen LogP contribution is -2.19. The highest BCUT2D eigenvalue weighted by atomic mass is 16.5. The average molecular weight is 173 g/mol. The topological polar surface area (TPSA) is 30.5 Å². The van der Waals surface area contributed by atoms with Crippen molar-refractivity contribution in [2.45, 2.75) is 25.9 Å². The number of rotatable bonds is 6. The minimum Gasteiger partial charge on any atom is -0.379 e. The van der Waals surface area contributed by atoms with Gasteiger partial charge in [0.1, 0.15) is 0 Å². The molecule has 72 valence electrons. The molecular formula is C9H19NO2. The number of ether oxygens (including phenoxy) is 2. The van der Waals surface area contributed by atoms with E-state index < -0.39 is 0 Å². The van der Waals surface area contributed by atoms with Crippen LogP contribution in [0.1, 0.15) is 19.8 Å². The van der Waals surface area contributed by atoms with Gasteiger partial charge in [-0.05, 0) is 19.4 Å². The number of nitrogens with one attached hydrogen (secondary N) is 1. The highest BCUT2D eigenvalue weighted by Crippen LogP contribution is 2.02. The molecule has 0 spiro atoms. The molecule has 0 aromatic rings. The van der Waals surface area contributed by atoms with Gasteiger partial charge in [-0.1, -0.05) is 6.92 Å². The zero-order valence-corrected chi connectivity index (χ0v) is 7.84. The third-order valence-corrected chi connectivity index (χ3v) is 1.94. The Morgan fingerprint density at radius 1 is 1.33 bits per heavy atom. The van der Waals surface area contributed by atoms with Crippen molar-refractivity contribution >= 4 is 0 Å². The summed E-state index contributed by atoms with van der Waals surface area (Å²) >= 11 is 0. The molecule has 1 atom stereocenters. The Balaban J connectivity index is 1.81. The van der Waals surface area contributed by atoms with Crippen molar-refractivity contribution in [3.8, 4) is 0 Å². The van der Waals surface area contributed by atoms with Gasteiger partial charge < -0.3 is 14.8 Å². The molecule has 0 bridgehead atoms. The summed E-state index contributed by atoms with van der Waals surface area (Å²) < 4.78 is 10.9. The van der Waals surface area contributed by atoms with Crippen LogP contribution in [0.3, 0.4) is 0 Å². The van der Waals surface area contributed by atoms with Crippen molar-refractivity contribution in [3.05, 3.63) is 0 Å². The fourth-order valence-corrected chi connectivity index (χ4v) is 1.29. The van der Waals surface area contributed by atoms with Gasteiger partial charge in [-0.15, -0.1) is 0 Å². The van der Waals surface area contributed by atoms with Crippen LogP contribution in [0.5, 0.6) is 0 Å². The van der Waals surface area contributed by atoms with Crippen LogP contribution in [0.15, 0.2) is 0 Å². The van der Waals surface area contributed by atoms with Gasteiger partial charge in [0, 0.05) is 13.2 Å². The van der Waals surface area contributed by atoms with Gasteiger partial charge in [0.25, 0.3) is 0 Å². The van der Waals surface area contributed by atoms with Crippen LogP contribution >= 0.6 is 0 Å². The Morgan fingerprint density at radius 2 is 2.25 bits per heavy atom. The van der Waals surface area contributed by atoms with E-state index in [4.69, 9.17) is 9.47 Å². The van der Waals surface area contributed by atoms with E-state index in [-0.39, 0.29) is 0 Å². The zero-order valence-electron chi connectivity index (χ0n) is 7.84. The second kappa shape index (κ2) is 6.40. The van der Waals surface area contributed by atoms with E-state index in [1.807, 2.05) is 0 Å². The highest BCUT2D eigenvalue weighted by molar-refractivity contribution is 4.70. The molecule has 12 heavy (non-hydrogen) atoms. The third kappa shape index (κ3) is 4.04. The first-order valence-electron chi connectivity index (χ1n) is 4.83. The summed E-state index contributed by atoms with van der Waals surface area (Å²) in [6, 6.07) is 0. The molecule has 1 N–H and O–H groups in total. The fourth-order valence-electron chi connectivity index (χ4n) is 1.29. The third-order valence-electron chi connectivity index (χ3n) is 1.94. The van der Waals surface area contributed by atoms with E-state index in [0.717, 1.165) is 45.8 Å². The molecule has 3 heteroatoms. The SMILES string of the molecule is CCCOCCOC1CCNC1. The van der Waals surface area contributed by atoms with Gasteiger partial charge >= 0.3 is 0 Å². The predicted molar refractivity (Wildman–Crippen MR) is 48.3 cm³/mol. The Bertz CT molecular complexity index is 103. The van der Waals surface area contributed by atoms with Crippen LogP contribution in [-0.2, 0) is 9.47 Å². The molecule has 0 saturated carbocycles. The molecule has 1 rings (SSSR count). The van der Waals surface area contributed by atoms with Crippen molar-refractivity contribution < 1.29 is 9.47 Å². The summed E-state index contributed by atoms with van der Waals surface area (Å²) in [5.74, 6) is 0. The first kappa shape index (κ1) is 9.96. The second-order valence-corrected chi connectivity index (χ2v) is 3.10. The molecule has 0 aromatic heterocycles. The van der Waals surface area contributed by atoms with Crippen LogP contribution < -0.4 is 5.32 Å². The summed E-state index contributed by atoms with van der Waals surface area (Å²) in [7, 11) is 0. The monoisotopic (exact) mass is 173 g/mol. The number of hydrogen-bond donors (Lipinski definition) is 1. The Kier molecular flexibility index (Phi) is 5.32. The lowest BCUT2D eigenvalue weighted by molar-refractivity contribution is 0.0133. The molecule has 1 unspecified atom stereocenters. The summed E-state index contributed by atoms with van der Waals surface area (Å²) in [6.45, 7) is 6.55. The molecule has 1 aliphatic rings. The molecule has 1 aliphatic heterocycles. The van der Waals surface area contributed by atoms with E-state index in [1.165, 1.54) is 0 Å². The van der Waals surface area contributed by atoms with Gasteiger partial charge in [0.15, 0.2) is 0 Å². The summed E-state index contributed by atoms with van der Waals surface area (Å²) in [5.41, 5.74) is 0. The van der Waals surface area contributed by atoms with Crippen LogP contribution in [0.2, 0.25) is 0 Å². The summed E-state index contributed by atoms with van der Waals surface area (Å²) in [6.07, 6.45) is 2.66. The van der Waals surface area contributed by atoms with E-state index in [2.05, 4.69) is 12.2 Å². The van der Waals surface area contributed by atoms with E-state index >= 15 is 0 Å². The maximum Gasteiger partial charge on any atom is 0.0712 e. The minimum atomic E-state index is 0.426. The van der Waals surface area contributed by atoms with Gasteiger partial charge in [-0.2, -0.15) is 0 Å². The molecule has 1 fully saturated rings. The van der Waals surface area contributed by atoms with Gasteiger partial charge in [0.2, 0.25) is 0 Å². The Labute approximate surface area is 74.4 Å². The second-order valence-electron chi connectivity index (χ2n) is 3.10. The van der Waals surface area contributed by atoms with Crippen LogP contribution in [-0.4, -0.2) is 39.0 Å². The number of hydrogen-bond acceptors (Lipinski definition) is 3. The average Bonchev–Trinajstić information content (AvgIpc) is 2.57. The molecule has 1 saturated heterocycles. The maximum absolute atomic E-state index is 5.56. The van der Waals surface area contributed by atoms with E-state index in [9.17, 15) is 0 Å². The van der Waals surface area contributed by atoms with Crippen molar-refractivity contribution in [1.29, 1.82) is 0 Å². The van der Waals surface area contributed by atoms with E-state index in [0.29, 0.717) is 6.10 Å². The minimum absolute atomic E-state index is 0.426. The first-order valence-corrected chi connectivity index (χ1v) is 4.83. The largest absolute Gasteiger partial charge is 0.379 e. The Hall–Kier alpha value is -0.120. The molecule has 0 amide bonds. The predicted octanol–water partition coefficient (Wildman–Crippen LogP) is 0.792. The molecule has 0 radical (unpaired) electrons. The van der Waals surface area contributed by atoms with Gasteiger partial charge in [-0.25, -0.2) is 0 Å². The van der Waals surface area contributed by atoms with Crippen LogP contribution in [0, 0.1) is 0 Å². The lowest BCUT2D eigenvalue weighted by Gasteiger charge is -2.09. The zero-order chi connectivity index (χ0) is 8.65. The molecule has 1 heterocycles. The van der Waals surface area contributed by atoms with Crippen LogP contribution in [0.25, 0.3) is 0 Å². The normalized spacial score (nSPS) is 23.2. The Morgan fingerprint density at radius 3 is 2.92 bits per heavy atom. The smallest absolute Gasteiger partial charge is 0.0712 e. The summed E-state index contributed by atoms with van der Waals surface area (Å²) in [5, 5.41) is 3.26. The van der Waals surface area contributed by atoms with Crippen LogP contribution in [0.4, 0.5) is 0 Å². The summed E-state index contributed by atoms with van der Waals surface area (Å²) in [4.78, 5) is 0. The lowest BCUT2D eigenvalue weighted by atomic mass is 10.3. The molecule has 3 nitrogen and oxygen atoms in total. The van der Waals surface area contributed by atoms with Gasteiger partial charge in [0.05, 0.1) is 19.3 Å². The first-order chi connectivity index (χ1) is 5.93. The molecular weight excluding hydrogens is 154 g/mol. The highest BCUT2D eigenvalue weighted by Gasteiger charge is 2.13. The van der Waals surface area contributed by atoms with Crippen molar-refractivity contribution in [1.82, 2.24) is 5.32 Å². The quantitative estimate of drug-likeness (QED) is 0.602. The molecule has 0 aromatic carbocycles. The standard InChI is InChI=1S/C9H19NO2/c1-2-5-11-6-7-12-9-3-4-10-8-9/h9-10H,2-8H2,1H3. The van der Waals surface area contributed by atoms with E-state index in [1.54, 1.807) is 0 Å². The van der Waals surface area contributed by atoms with Crippen molar-refractivity contribution in [3.63, 3.8) is 0 Å². The van der Waals surface area contributed by atoms with Crippen molar-refractivity contribution in [2.75, 3.05) is 32.9 Å². The fraction of sp³-hybridized carbons (Fsp3) is 1.00. The molecule has 0 aliphatic carbocycles. The van der Waals surface area contributed by atoms with Gasteiger partial charge in [-0.3, -0.25) is 0 Å². The van der Waals surface area contributed by atoms with Crippen molar-refractivity contribution in [2.24, 2.45) is 0 Å². The maximum atomic E-state index is 5.56.